The number of nitrogens with one attached hydrogen (secondary N) is 2. The summed E-state index contributed by atoms with van der Waals surface area (Å²) in [7, 11) is 0. The molecule has 0 aliphatic rings. The summed E-state index contributed by atoms with van der Waals surface area (Å²) in [5.41, 5.74) is 4.41. The smallest absolute Gasteiger partial charge is 0.238 e. The van der Waals surface area contributed by atoms with Gasteiger partial charge in [-0.1, -0.05) is 72.3 Å². The van der Waals surface area contributed by atoms with Crippen LogP contribution in [-0.2, 0) is 4.79 Å². The van der Waals surface area contributed by atoms with Crippen molar-refractivity contribution in [3.05, 3.63) is 101 Å². The summed E-state index contributed by atoms with van der Waals surface area (Å²) in [5, 5.41) is 6.18. The van der Waals surface area contributed by atoms with Gasteiger partial charge in [0, 0.05) is 5.56 Å². The molecule has 0 spiro atoms. The number of rotatable bonds is 7. The zero-order chi connectivity index (χ0) is 19.9. The average Bonchev–Trinajstić information content (AvgIpc) is 2.70. The predicted molar refractivity (Wildman–Crippen MR) is 113 cm³/mol. The van der Waals surface area contributed by atoms with E-state index in [1.807, 2.05) is 30.3 Å². The predicted octanol–water partition coefficient (Wildman–Crippen LogP) is 4.52. The lowest BCUT2D eigenvalue weighted by molar-refractivity contribution is -0.115. The van der Waals surface area contributed by atoms with Crippen molar-refractivity contribution in [1.29, 1.82) is 0 Å². The molecule has 0 bridgehead atoms. The number of carbonyl (C=O) groups is 2. The van der Waals surface area contributed by atoms with E-state index in [0.717, 1.165) is 11.1 Å². The fourth-order valence-electron chi connectivity index (χ4n) is 3.12. The zero-order valence-electron chi connectivity index (χ0n) is 16.1. The van der Waals surface area contributed by atoms with Gasteiger partial charge in [0.2, 0.25) is 5.91 Å². The summed E-state index contributed by atoms with van der Waals surface area (Å²) >= 11 is 0. The Hall–Kier alpha value is -3.24. The lowest BCUT2D eigenvalue weighted by atomic mass is 9.98. The molecule has 28 heavy (non-hydrogen) atoms. The number of anilines is 1. The number of hydrogen-bond acceptors (Lipinski definition) is 3. The van der Waals surface area contributed by atoms with Crippen LogP contribution in [0.25, 0.3) is 0 Å². The van der Waals surface area contributed by atoms with Gasteiger partial charge in [-0.3, -0.25) is 14.9 Å². The van der Waals surface area contributed by atoms with E-state index in [9.17, 15) is 9.59 Å². The first-order valence-corrected chi connectivity index (χ1v) is 9.29. The molecule has 4 nitrogen and oxygen atoms in total. The molecule has 4 heteroatoms. The lowest BCUT2D eigenvalue weighted by Gasteiger charge is -2.20. The molecule has 0 radical (unpaired) electrons. The van der Waals surface area contributed by atoms with E-state index in [4.69, 9.17) is 0 Å². The van der Waals surface area contributed by atoms with Crippen molar-refractivity contribution in [3.63, 3.8) is 0 Å². The molecule has 0 aromatic heterocycles. The average molecular weight is 372 g/mol. The van der Waals surface area contributed by atoms with E-state index >= 15 is 0 Å². The standard InChI is InChI=1S/C24H24N2O2/c1-17-12-14-20(15-13-17)24(19-8-4-3-5-9-19)25-16-23(28)26-22-11-7-6-10-21(22)18(2)27/h3-15,24-25H,16H2,1-2H3,(H,26,28)/t24-/m1/s1. The molecule has 0 saturated carbocycles. The Balaban J connectivity index is 1.74. The summed E-state index contributed by atoms with van der Waals surface area (Å²) in [6, 6.07) is 25.2. The molecule has 3 aromatic carbocycles. The Morgan fingerprint density at radius 3 is 2.11 bits per heavy atom. The number of aryl methyl sites for hydroxylation is 1. The molecule has 0 aliphatic carbocycles. The Morgan fingerprint density at radius 1 is 0.821 bits per heavy atom. The van der Waals surface area contributed by atoms with Crippen molar-refractivity contribution in [2.45, 2.75) is 19.9 Å². The number of ketones is 1. The number of amides is 1. The van der Waals surface area contributed by atoms with E-state index in [1.165, 1.54) is 12.5 Å². The lowest BCUT2D eigenvalue weighted by Crippen LogP contribution is -2.32. The summed E-state index contributed by atoms with van der Waals surface area (Å²) in [4.78, 5) is 24.3. The summed E-state index contributed by atoms with van der Waals surface area (Å²) in [5.74, 6) is -0.271. The van der Waals surface area contributed by atoms with Crippen molar-refractivity contribution in [2.24, 2.45) is 0 Å². The fourth-order valence-corrected chi connectivity index (χ4v) is 3.12. The second kappa shape index (κ2) is 9.11. The third-order valence-corrected chi connectivity index (χ3v) is 4.59. The van der Waals surface area contributed by atoms with Gasteiger partial charge in [0.05, 0.1) is 18.3 Å². The third kappa shape index (κ3) is 4.93. The van der Waals surface area contributed by atoms with Gasteiger partial charge < -0.3 is 5.32 Å². The number of hydrogen-bond donors (Lipinski definition) is 2. The highest BCUT2D eigenvalue weighted by Gasteiger charge is 2.16. The van der Waals surface area contributed by atoms with Gasteiger partial charge in [0.1, 0.15) is 0 Å². The molecule has 2 N–H and O–H groups in total. The maximum atomic E-state index is 12.5. The topological polar surface area (TPSA) is 58.2 Å². The van der Waals surface area contributed by atoms with Crippen LogP contribution in [0.2, 0.25) is 0 Å². The number of para-hydroxylation sites is 1. The SMILES string of the molecule is CC(=O)c1ccccc1NC(=O)CN[C@H](c1ccccc1)c1ccc(C)cc1. The van der Waals surface area contributed by atoms with E-state index in [1.54, 1.807) is 24.3 Å². The Bertz CT molecular complexity index is 950. The van der Waals surface area contributed by atoms with Gasteiger partial charge in [0.25, 0.3) is 0 Å². The van der Waals surface area contributed by atoms with Crippen molar-refractivity contribution in [2.75, 3.05) is 11.9 Å². The minimum atomic E-state index is -0.193. The molecule has 0 unspecified atom stereocenters. The molecule has 3 aromatic rings. The largest absolute Gasteiger partial charge is 0.324 e. The van der Waals surface area contributed by atoms with Crippen molar-refractivity contribution in [1.82, 2.24) is 5.32 Å². The van der Waals surface area contributed by atoms with Gasteiger partial charge in [-0.25, -0.2) is 0 Å². The third-order valence-electron chi connectivity index (χ3n) is 4.59. The highest BCUT2D eigenvalue weighted by Crippen LogP contribution is 2.22. The number of Topliss-reactive ketones (excluding diaryl/α,β-unsaturated/α-hetero) is 1. The first kappa shape index (κ1) is 19.5. The van der Waals surface area contributed by atoms with Crippen molar-refractivity contribution < 1.29 is 9.59 Å². The maximum absolute atomic E-state index is 12.5. The summed E-state index contributed by atoms with van der Waals surface area (Å²) in [6.07, 6.45) is 0. The van der Waals surface area contributed by atoms with E-state index in [-0.39, 0.29) is 24.3 Å². The second-order valence-electron chi connectivity index (χ2n) is 6.79. The Kier molecular flexibility index (Phi) is 6.35. The van der Waals surface area contributed by atoms with Crippen LogP contribution in [0.3, 0.4) is 0 Å². The number of benzene rings is 3. The summed E-state index contributed by atoms with van der Waals surface area (Å²) in [6.45, 7) is 3.67. The molecular weight excluding hydrogens is 348 g/mol. The zero-order valence-corrected chi connectivity index (χ0v) is 16.1. The molecular formula is C24H24N2O2. The van der Waals surface area contributed by atoms with Gasteiger partial charge in [0.15, 0.2) is 5.78 Å². The van der Waals surface area contributed by atoms with Crippen LogP contribution < -0.4 is 10.6 Å². The monoisotopic (exact) mass is 372 g/mol. The van der Waals surface area contributed by atoms with E-state index < -0.39 is 0 Å². The molecule has 142 valence electrons. The Morgan fingerprint density at radius 2 is 1.43 bits per heavy atom. The molecule has 1 amide bonds. The summed E-state index contributed by atoms with van der Waals surface area (Å²) < 4.78 is 0. The Labute approximate surface area is 165 Å². The highest BCUT2D eigenvalue weighted by molar-refractivity contribution is 6.04. The normalized spacial score (nSPS) is 11.6. The minimum absolute atomic E-state index is 0.0781. The molecule has 3 rings (SSSR count). The molecule has 0 fully saturated rings. The highest BCUT2D eigenvalue weighted by atomic mass is 16.2. The first-order chi connectivity index (χ1) is 13.5. The van der Waals surface area contributed by atoms with E-state index in [2.05, 4.69) is 41.8 Å². The fraction of sp³-hybridized carbons (Fsp3) is 0.167. The van der Waals surface area contributed by atoms with Crippen molar-refractivity contribution >= 4 is 17.4 Å². The second-order valence-corrected chi connectivity index (χ2v) is 6.79. The van der Waals surface area contributed by atoms with Crippen LogP contribution >= 0.6 is 0 Å². The van der Waals surface area contributed by atoms with Gasteiger partial charge in [-0.2, -0.15) is 0 Å². The van der Waals surface area contributed by atoms with Gasteiger partial charge in [-0.15, -0.1) is 0 Å². The van der Waals surface area contributed by atoms with Crippen LogP contribution in [0.4, 0.5) is 5.69 Å². The number of carbonyl (C=O) groups excluding carboxylic acids is 2. The minimum Gasteiger partial charge on any atom is -0.324 e. The van der Waals surface area contributed by atoms with Crippen LogP contribution in [-0.4, -0.2) is 18.2 Å². The molecule has 0 saturated heterocycles. The van der Waals surface area contributed by atoms with Crippen LogP contribution in [0.15, 0.2) is 78.9 Å². The van der Waals surface area contributed by atoms with Crippen LogP contribution in [0.5, 0.6) is 0 Å². The quantitative estimate of drug-likeness (QED) is 0.600. The van der Waals surface area contributed by atoms with Crippen LogP contribution in [0.1, 0.15) is 40.0 Å². The van der Waals surface area contributed by atoms with Crippen molar-refractivity contribution in [3.8, 4) is 0 Å². The van der Waals surface area contributed by atoms with Gasteiger partial charge in [-0.05, 0) is 37.1 Å². The maximum Gasteiger partial charge on any atom is 0.238 e. The molecule has 1 atom stereocenters. The van der Waals surface area contributed by atoms with Crippen LogP contribution in [0, 0.1) is 6.92 Å². The first-order valence-electron chi connectivity index (χ1n) is 9.29. The van der Waals surface area contributed by atoms with E-state index in [0.29, 0.717) is 11.3 Å². The molecule has 0 heterocycles. The van der Waals surface area contributed by atoms with Gasteiger partial charge >= 0.3 is 0 Å². The molecule has 0 aliphatic heterocycles.